The molecule has 0 aromatic heterocycles. The number of rotatable bonds is 11. The fourth-order valence-corrected chi connectivity index (χ4v) is 3.18. The van der Waals surface area contributed by atoms with E-state index in [1.54, 1.807) is 0 Å². The number of carbonyl (C=O) groups is 2. The second-order valence-electron chi connectivity index (χ2n) is 6.55. The Balaban J connectivity index is 2.00. The van der Waals surface area contributed by atoms with Gasteiger partial charge >= 0.3 is 5.97 Å². The lowest BCUT2D eigenvalue weighted by atomic mass is 10.00. The molecular weight excluding hydrogens is 304 g/mol. The Kier molecular flexibility index (Phi) is 7.29. The number of fused-ring (bicyclic) bond motifs is 1. The molecule has 4 heteroatoms. The molecule has 2 rings (SSSR count). The van der Waals surface area contributed by atoms with Gasteiger partial charge in [-0.25, -0.2) is 0 Å². The van der Waals surface area contributed by atoms with Crippen molar-refractivity contribution in [2.75, 3.05) is 6.61 Å². The Bertz CT molecular complexity index is 577. The van der Waals surface area contributed by atoms with Gasteiger partial charge in [-0.05, 0) is 42.9 Å². The number of unbranched alkanes of at least 4 members (excludes halogenated alkanes) is 4. The first-order valence-electron chi connectivity index (χ1n) is 9.15. The van der Waals surface area contributed by atoms with Crippen molar-refractivity contribution in [3.63, 3.8) is 0 Å². The zero-order valence-corrected chi connectivity index (χ0v) is 14.6. The Morgan fingerprint density at radius 1 is 1.12 bits per heavy atom. The molecule has 0 fully saturated rings. The van der Waals surface area contributed by atoms with Crippen molar-refractivity contribution in [3.05, 3.63) is 28.8 Å². The second-order valence-corrected chi connectivity index (χ2v) is 6.55. The Morgan fingerprint density at radius 3 is 2.67 bits per heavy atom. The number of Topliss-reactive ketones (excluding diaryl/α,β-unsaturated/α-hetero) is 1. The number of aliphatic carboxylic acids is 1. The van der Waals surface area contributed by atoms with Crippen LogP contribution in [0.4, 0.5) is 0 Å². The van der Waals surface area contributed by atoms with E-state index in [0.717, 1.165) is 41.7 Å². The lowest BCUT2D eigenvalue weighted by Gasteiger charge is -2.14. The summed E-state index contributed by atoms with van der Waals surface area (Å²) in [5.74, 6) is 0.152. The first-order valence-corrected chi connectivity index (χ1v) is 9.15. The van der Waals surface area contributed by atoms with Crippen LogP contribution in [0, 0.1) is 0 Å². The summed E-state index contributed by atoms with van der Waals surface area (Å²) < 4.78 is 5.82. The quantitative estimate of drug-likeness (QED) is 0.603. The zero-order chi connectivity index (χ0) is 17.4. The fraction of sp³-hybridized carbons (Fsp3) is 0.600. The van der Waals surface area contributed by atoms with Gasteiger partial charge in [-0.1, -0.05) is 38.7 Å². The molecule has 0 aliphatic heterocycles. The van der Waals surface area contributed by atoms with Crippen molar-refractivity contribution >= 4 is 11.8 Å². The maximum absolute atomic E-state index is 11.9. The molecular formula is C20H28O4. The van der Waals surface area contributed by atoms with Crippen LogP contribution in [-0.4, -0.2) is 23.5 Å². The van der Waals surface area contributed by atoms with E-state index in [0.29, 0.717) is 19.4 Å². The topological polar surface area (TPSA) is 63.6 Å². The van der Waals surface area contributed by atoms with Crippen molar-refractivity contribution < 1.29 is 19.4 Å². The van der Waals surface area contributed by atoms with Gasteiger partial charge in [0.15, 0.2) is 5.78 Å². The molecule has 0 atom stereocenters. The molecule has 4 nitrogen and oxygen atoms in total. The van der Waals surface area contributed by atoms with Crippen LogP contribution in [0.5, 0.6) is 5.75 Å². The van der Waals surface area contributed by atoms with E-state index in [2.05, 4.69) is 13.0 Å². The molecule has 0 heterocycles. The van der Waals surface area contributed by atoms with E-state index in [4.69, 9.17) is 9.84 Å². The molecule has 1 aliphatic carbocycles. The summed E-state index contributed by atoms with van der Waals surface area (Å²) in [4.78, 5) is 22.5. The monoisotopic (exact) mass is 332 g/mol. The van der Waals surface area contributed by atoms with E-state index in [1.165, 1.54) is 25.7 Å². The molecule has 24 heavy (non-hydrogen) atoms. The average molecular weight is 332 g/mol. The molecule has 0 spiro atoms. The van der Waals surface area contributed by atoms with Crippen LogP contribution < -0.4 is 4.74 Å². The van der Waals surface area contributed by atoms with Gasteiger partial charge in [-0.2, -0.15) is 0 Å². The fourth-order valence-electron chi connectivity index (χ4n) is 3.18. The summed E-state index contributed by atoms with van der Waals surface area (Å²) in [5.41, 5.74) is 3.09. The van der Waals surface area contributed by atoms with E-state index in [-0.39, 0.29) is 12.2 Å². The molecule has 0 saturated carbocycles. The van der Waals surface area contributed by atoms with E-state index >= 15 is 0 Å². The summed E-state index contributed by atoms with van der Waals surface area (Å²) in [6, 6.07) is 4.01. The second kappa shape index (κ2) is 9.45. The van der Waals surface area contributed by atoms with E-state index < -0.39 is 5.97 Å². The van der Waals surface area contributed by atoms with Crippen LogP contribution in [0.15, 0.2) is 12.1 Å². The van der Waals surface area contributed by atoms with Gasteiger partial charge in [0, 0.05) is 18.4 Å². The van der Waals surface area contributed by atoms with Crippen LogP contribution >= 0.6 is 0 Å². The number of hydrogen-bond acceptors (Lipinski definition) is 3. The third-order valence-electron chi connectivity index (χ3n) is 4.55. The number of carboxylic acid groups (broad SMARTS) is 1. The van der Waals surface area contributed by atoms with Crippen LogP contribution in [0.2, 0.25) is 0 Å². The third-order valence-corrected chi connectivity index (χ3v) is 4.55. The Morgan fingerprint density at radius 2 is 1.92 bits per heavy atom. The predicted octanol–water partition coefficient (Wildman–Crippen LogP) is 4.57. The lowest BCUT2D eigenvalue weighted by Crippen LogP contribution is -2.05. The van der Waals surface area contributed by atoms with Crippen molar-refractivity contribution in [3.8, 4) is 5.75 Å². The summed E-state index contributed by atoms with van der Waals surface area (Å²) in [7, 11) is 0. The number of hydrogen-bond donors (Lipinski definition) is 1. The first kappa shape index (κ1) is 18.5. The van der Waals surface area contributed by atoms with Gasteiger partial charge in [0.2, 0.25) is 0 Å². The van der Waals surface area contributed by atoms with Crippen LogP contribution in [0.25, 0.3) is 0 Å². The van der Waals surface area contributed by atoms with Crippen LogP contribution in [0.1, 0.15) is 79.8 Å². The molecule has 132 valence electrons. The number of benzene rings is 1. The van der Waals surface area contributed by atoms with E-state index in [1.807, 2.05) is 6.07 Å². The highest BCUT2D eigenvalue weighted by Gasteiger charge is 2.22. The van der Waals surface area contributed by atoms with Crippen molar-refractivity contribution in [1.29, 1.82) is 0 Å². The first-order chi connectivity index (χ1) is 11.6. The highest BCUT2D eigenvalue weighted by atomic mass is 16.5. The molecule has 1 N–H and O–H groups in total. The summed E-state index contributed by atoms with van der Waals surface area (Å²) in [6.45, 7) is 2.59. The minimum Gasteiger partial charge on any atom is -0.493 e. The highest BCUT2D eigenvalue weighted by Crippen LogP contribution is 2.31. The minimum absolute atomic E-state index is 0.107. The predicted molar refractivity (Wildman–Crippen MR) is 93.9 cm³/mol. The smallest absolute Gasteiger partial charge is 0.303 e. The Hall–Kier alpha value is -1.84. The maximum atomic E-state index is 11.9. The average Bonchev–Trinajstić information content (AvgIpc) is 2.91. The number of carbonyl (C=O) groups excluding carboxylic acids is 1. The molecule has 1 aromatic carbocycles. The van der Waals surface area contributed by atoms with Gasteiger partial charge in [0.1, 0.15) is 5.75 Å². The number of ketones is 1. The van der Waals surface area contributed by atoms with Gasteiger partial charge in [-0.3, -0.25) is 9.59 Å². The van der Waals surface area contributed by atoms with Gasteiger partial charge in [0.25, 0.3) is 0 Å². The SMILES string of the molecule is CCCCCCCc1cc2c(cc1OCCCC(=O)O)C(=O)CC2. The van der Waals surface area contributed by atoms with Crippen molar-refractivity contribution in [2.24, 2.45) is 0 Å². The molecule has 0 saturated heterocycles. The summed E-state index contributed by atoms with van der Waals surface area (Å²) >= 11 is 0. The van der Waals surface area contributed by atoms with Crippen molar-refractivity contribution in [1.82, 2.24) is 0 Å². The van der Waals surface area contributed by atoms with Gasteiger partial charge in [-0.15, -0.1) is 0 Å². The maximum Gasteiger partial charge on any atom is 0.303 e. The molecule has 1 aromatic rings. The minimum atomic E-state index is -0.807. The normalized spacial score (nSPS) is 13.1. The standard InChI is InChI=1S/C20H28O4/c1-2-3-4-5-6-8-16-13-15-10-11-18(21)17(15)14-19(16)24-12-7-9-20(22)23/h13-14H,2-12H2,1H3,(H,22,23). The summed E-state index contributed by atoms with van der Waals surface area (Å²) in [5, 5.41) is 8.71. The third kappa shape index (κ3) is 5.36. The van der Waals surface area contributed by atoms with Crippen LogP contribution in [-0.2, 0) is 17.6 Å². The molecule has 0 amide bonds. The van der Waals surface area contributed by atoms with Crippen LogP contribution in [0.3, 0.4) is 0 Å². The van der Waals surface area contributed by atoms with Crippen molar-refractivity contribution in [2.45, 2.75) is 71.1 Å². The molecule has 1 aliphatic rings. The lowest BCUT2D eigenvalue weighted by molar-refractivity contribution is -0.137. The number of ether oxygens (including phenoxy) is 1. The number of carboxylic acids is 1. The summed E-state index contributed by atoms with van der Waals surface area (Å²) in [6.07, 6.45) is 9.07. The van der Waals surface area contributed by atoms with Gasteiger partial charge in [0.05, 0.1) is 6.61 Å². The van der Waals surface area contributed by atoms with Gasteiger partial charge < -0.3 is 9.84 Å². The zero-order valence-electron chi connectivity index (χ0n) is 14.6. The van der Waals surface area contributed by atoms with E-state index in [9.17, 15) is 9.59 Å². The number of aryl methyl sites for hydroxylation is 2. The highest BCUT2D eigenvalue weighted by molar-refractivity contribution is 6.00. The molecule has 0 radical (unpaired) electrons. The molecule has 0 unspecified atom stereocenters. The Labute approximate surface area is 144 Å². The molecule has 0 bridgehead atoms. The largest absolute Gasteiger partial charge is 0.493 e.